The van der Waals surface area contributed by atoms with Crippen molar-refractivity contribution in [3.63, 3.8) is 0 Å². The molecule has 4 rings (SSSR count). The molecule has 2 aliphatic heterocycles. The van der Waals surface area contributed by atoms with Crippen LogP contribution < -0.4 is 30.7 Å². The molecule has 2 heterocycles. The van der Waals surface area contributed by atoms with Gasteiger partial charge >= 0.3 is 12.1 Å². The summed E-state index contributed by atoms with van der Waals surface area (Å²) in [5, 5.41) is 11.5. The molecule has 0 atom stereocenters. The minimum Gasteiger partial charge on any atom is -0.497 e. The van der Waals surface area contributed by atoms with Crippen LogP contribution in [0.3, 0.4) is 0 Å². The van der Waals surface area contributed by atoms with Gasteiger partial charge in [0.25, 0.3) is 0 Å². The highest BCUT2D eigenvalue weighted by Gasteiger charge is 2.66. The monoisotopic (exact) mass is 354 g/mol. The molecule has 2 aromatic rings. The predicted molar refractivity (Wildman–Crippen MR) is 92.7 cm³/mol. The minimum absolute atomic E-state index is 0.399. The maximum Gasteiger partial charge on any atom is 0.319 e. The maximum absolute atomic E-state index is 12.3. The number of amides is 4. The first-order chi connectivity index (χ1) is 12.5. The predicted octanol–water partition coefficient (Wildman–Crippen LogP) is 1.34. The molecule has 0 bridgehead atoms. The second-order valence-corrected chi connectivity index (χ2v) is 6.12. The summed E-state index contributed by atoms with van der Waals surface area (Å²) in [6.45, 7) is 0. The van der Waals surface area contributed by atoms with E-state index in [1.165, 1.54) is 0 Å². The summed E-state index contributed by atoms with van der Waals surface area (Å²) in [7, 11) is 3.15. The Morgan fingerprint density at radius 3 is 1.19 bits per heavy atom. The Morgan fingerprint density at radius 1 is 0.615 bits per heavy atom. The van der Waals surface area contributed by atoms with Crippen molar-refractivity contribution < 1.29 is 19.1 Å². The topological polar surface area (TPSA) is 101 Å². The van der Waals surface area contributed by atoms with Crippen molar-refractivity contribution in [3.05, 3.63) is 59.7 Å². The number of methoxy groups -OCH3 is 2. The Bertz CT molecular complexity index is 774. The molecule has 8 nitrogen and oxygen atoms in total. The van der Waals surface area contributed by atoms with E-state index in [2.05, 4.69) is 21.3 Å². The molecule has 2 aliphatic rings. The number of carbonyl (C=O) groups excluding carboxylic acids is 2. The number of ether oxygens (including phenoxy) is 2. The Hall–Kier alpha value is -3.42. The molecule has 2 saturated heterocycles. The van der Waals surface area contributed by atoms with Crippen molar-refractivity contribution in [2.75, 3.05) is 14.2 Å². The van der Waals surface area contributed by atoms with Crippen LogP contribution in [0.4, 0.5) is 9.59 Å². The lowest BCUT2D eigenvalue weighted by Gasteiger charge is -2.37. The summed E-state index contributed by atoms with van der Waals surface area (Å²) in [5.41, 5.74) is -0.985. The summed E-state index contributed by atoms with van der Waals surface area (Å²) in [6.07, 6.45) is 0. The van der Waals surface area contributed by atoms with E-state index >= 15 is 0 Å². The van der Waals surface area contributed by atoms with E-state index in [-0.39, 0.29) is 0 Å². The van der Waals surface area contributed by atoms with Gasteiger partial charge in [0.15, 0.2) is 11.3 Å². The smallest absolute Gasteiger partial charge is 0.319 e. The summed E-state index contributed by atoms with van der Waals surface area (Å²) >= 11 is 0. The van der Waals surface area contributed by atoms with Crippen LogP contribution in [0.15, 0.2) is 48.5 Å². The van der Waals surface area contributed by atoms with Crippen molar-refractivity contribution in [1.82, 2.24) is 21.3 Å². The van der Waals surface area contributed by atoms with Crippen molar-refractivity contribution in [2.24, 2.45) is 0 Å². The molecule has 4 amide bonds. The van der Waals surface area contributed by atoms with Gasteiger partial charge in [-0.25, -0.2) is 9.59 Å². The third kappa shape index (κ3) is 2.08. The number of urea groups is 2. The Morgan fingerprint density at radius 2 is 0.923 bits per heavy atom. The molecule has 0 saturated carbocycles. The van der Waals surface area contributed by atoms with Gasteiger partial charge in [-0.15, -0.1) is 0 Å². The Labute approximate surface area is 149 Å². The van der Waals surface area contributed by atoms with Crippen LogP contribution in [-0.4, -0.2) is 26.3 Å². The lowest BCUT2D eigenvalue weighted by atomic mass is 9.83. The highest BCUT2D eigenvalue weighted by atomic mass is 16.5. The summed E-state index contributed by atoms with van der Waals surface area (Å²) in [5.74, 6) is 1.35. The second-order valence-electron chi connectivity index (χ2n) is 6.12. The zero-order valence-corrected chi connectivity index (χ0v) is 14.3. The number of benzene rings is 2. The van der Waals surface area contributed by atoms with Gasteiger partial charge in [-0.2, -0.15) is 0 Å². The second kappa shape index (κ2) is 5.55. The van der Waals surface area contributed by atoms with E-state index in [4.69, 9.17) is 9.47 Å². The summed E-state index contributed by atoms with van der Waals surface area (Å²) in [6, 6.07) is 13.5. The zero-order chi connectivity index (χ0) is 18.4. The summed E-state index contributed by atoms with van der Waals surface area (Å²) < 4.78 is 10.4. The fraction of sp³-hybridized carbons (Fsp3) is 0.222. The van der Waals surface area contributed by atoms with Gasteiger partial charge in [-0.1, -0.05) is 24.3 Å². The first-order valence-corrected chi connectivity index (χ1v) is 8.03. The number of nitrogens with one attached hydrogen (secondary N) is 4. The number of rotatable bonds is 4. The van der Waals surface area contributed by atoms with Gasteiger partial charge in [0.1, 0.15) is 11.5 Å². The highest BCUT2D eigenvalue weighted by molar-refractivity contribution is 5.89. The van der Waals surface area contributed by atoms with Crippen LogP contribution in [0.1, 0.15) is 11.1 Å². The fourth-order valence-electron chi connectivity index (χ4n) is 3.58. The molecule has 2 aromatic carbocycles. The average molecular weight is 354 g/mol. The SMILES string of the molecule is COc1ccc(C23NC(=O)NC2(c2ccc(OC)cc2)NC(=O)N3)cc1. The molecule has 134 valence electrons. The standard InChI is InChI=1S/C18H18N4O4/c1-25-13-7-3-11(4-8-13)17-18(21-15(23)19-17,22-16(24)20-17)12-5-9-14(26-2)10-6-12/h3-10H,1-2H3,(H2,19,21,23)(H2,20,22,24). The van der Waals surface area contributed by atoms with Gasteiger partial charge in [-0.3, -0.25) is 0 Å². The van der Waals surface area contributed by atoms with E-state index in [9.17, 15) is 9.59 Å². The molecule has 0 spiro atoms. The van der Waals surface area contributed by atoms with Crippen molar-refractivity contribution in [2.45, 2.75) is 11.3 Å². The molecular formula is C18H18N4O4. The minimum atomic E-state index is -1.19. The fourth-order valence-corrected chi connectivity index (χ4v) is 3.58. The van der Waals surface area contributed by atoms with E-state index in [0.717, 1.165) is 0 Å². The van der Waals surface area contributed by atoms with Crippen LogP contribution in [0, 0.1) is 0 Å². The van der Waals surface area contributed by atoms with Crippen LogP contribution in [-0.2, 0) is 11.3 Å². The molecule has 0 aromatic heterocycles. The van der Waals surface area contributed by atoms with Gasteiger partial charge < -0.3 is 30.7 Å². The quantitative estimate of drug-likeness (QED) is 0.665. The average Bonchev–Trinajstić information content (AvgIpc) is 3.09. The molecule has 8 heteroatoms. The van der Waals surface area contributed by atoms with Crippen LogP contribution in [0.2, 0.25) is 0 Å². The van der Waals surface area contributed by atoms with Crippen LogP contribution >= 0.6 is 0 Å². The first-order valence-electron chi connectivity index (χ1n) is 8.03. The molecule has 0 radical (unpaired) electrons. The van der Waals surface area contributed by atoms with Crippen molar-refractivity contribution in [3.8, 4) is 11.5 Å². The molecule has 0 aliphatic carbocycles. The normalized spacial score (nSPS) is 26.2. The number of hydrogen-bond acceptors (Lipinski definition) is 4. The van der Waals surface area contributed by atoms with Crippen molar-refractivity contribution >= 4 is 12.1 Å². The van der Waals surface area contributed by atoms with Gasteiger partial charge in [0.05, 0.1) is 14.2 Å². The first kappa shape index (κ1) is 16.1. The zero-order valence-electron chi connectivity index (χ0n) is 14.3. The van der Waals surface area contributed by atoms with Gasteiger partial charge in [0.2, 0.25) is 0 Å². The van der Waals surface area contributed by atoms with E-state index in [1.54, 1.807) is 62.8 Å². The third-order valence-electron chi connectivity index (χ3n) is 4.81. The van der Waals surface area contributed by atoms with Crippen LogP contribution in [0.5, 0.6) is 11.5 Å². The van der Waals surface area contributed by atoms with Gasteiger partial charge in [0, 0.05) is 11.1 Å². The third-order valence-corrected chi connectivity index (χ3v) is 4.81. The van der Waals surface area contributed by atoms with Gasteiger partial charge in [-0.05, 0) is 24.3 Å². The largest absolute Gasteiger partial charge is 0.497 e. The van der Waals surface area contributed by atoms with Crippen molar-refractivity contribution in [1.29, 1.82) is 0 Å². The summed E-state index contributed by atoms with van der Waals surface area (Å²) in [4.78, 5) is 24.6. The van der Waals surface area contributed by atoms with E-state index in [0.29, 0.717) is 22.6 Å². The lowest BCUT2D eigenvalue weighted by molar-refractivity contribution is 0.208. The van der Waals surface area contributed by atoms with E-state index < -0.39 is 23.4 Å². The molecule has 0 unspecified atom stereocenters. The number of carbonyl (C=O) groups is 2. The molecule has 4 N–H and O–H groups in total. The molecule has 26 heavy (non-hydrogen) atoms. The Kier molecular flexibility index (Phi) is 3.43. The Balaban J connectivity index is 1.88. The molecule has 2 fully saturated rings. The lowest BCUT2D eigenvalue weighted by Crippen LogP contribution is -2.60. The maximum atomic E-state index is 12.3. The van der Waals surface area contributed by atoms with Crippen LogP contribution in [0.25, 0.3) is 0 Å². The number of fused-ring (bicyclic) bond motifs is 1. The highest BCUT2D eigenvalue weighted by Crippen LogP contribution is 2.43. The van der Waals surface area contributed by atoms with E-state index in [1.807, 2.05) is 0 Å². The molecular weight excluding hydrogens is 336 g/mol. The number of hydrogen-bond donors (Lipinski definition) is 4.